The van der Waals surface area contributed by atoms with Gasteiger partial charge in [-0.05, 0) is 48.5 Å². The molecule has 0 fully saturated rings. The molecule has 12 rings (SSSR count). The smallest absolute Gasteiger partial charge is 0.164 e. The van der Waals surface area contributed by atoms with Gasteiger partial charge in [-0.3, -0.25) is 0 Å². The minimum absolute atomic E-state index is 0.608. The molecule has 266 valence electrons. The van der Waals surface area contributed by atoms with Crippen LogP contribution in [0.2, 0.25) is 0 Å². The van der Waals surface area contributed by atoms with Gasteiger partial charge in [0, 0.05) is 66.4 Å². The molecule has 0 spiro atoms. The fourth-order valence-corrected chi connectivity index (χ4v) is 8.62. The number of nitrogens with zero attached hydrogens (tertiary/aromatic N) is 5. The number of para-hydroxylation sites is 3. The van der Waals surface area contributed by atoms with Crippen molar-refractivity contribution in [2.24, 2.45) is 0 Å². The lowest BCUT2D eigenvalue weighted by Crippen LogP contribution is -2.01. The highest BCUT2D eigenvalue weighted by Gasteiger charge is 2.23. The Labute approximate surface area is 326 Å². The second kappa shape index (κ2) is 12.3. The van der Waals surface area contributed by atoms with Crippen molar-refractivity contribution in [2.75, 3.05) is 0 Å². The first kappa shape index (κ1) is 31.5. The van der Waals surface area contributed by atoms with Crippen LogP contribution in [0.3, 0.4) is 0 Å². The summed E-state index contributed by atoms with van der Waals surface area (Å²) in [5, 5.41) is 6.95. The molecule has 0 aliphatic rings. The summed E-state index contributed by atoms with van der Waals surface area (Å²) in [6.07, 6.45) is 0. The van der Waals surface area contributed by atoms with Crippen molar-refractivity contribution in [1.82, 2.24) is 24.1 Å². The number of hydrogen-bond acceptors (Lipinski definition) is 4. The summed E-state index contributed by atoms with van der Waals surface area (Å²) in [6.45, 7) is 0. The molecular weight excluding hydrogens is 699 g/mol. The Morgan fingerprint density at radius 1 is 0.333 bits per heavy atom. The van der Waals surface area contributed by atoms with Gasteiger partial charge in [0.25, 0.3) is 0 Å². The van der Waals surface area contributed by atoms with E-state index in [1.807, 2.05) is 72.8 Å². The summed E-state index contributed by atoms with van der Waals surface area (Å²) in [5.41, 5.74) is 11.1. The van der Waals surface area contributed by atoms with Gasteiger partial charge in [0.05, 0.1) is 22.1 Å². The molecule has 0 saturated carbocycles. The van der Waals surface area contributed by atoms with Crippen LogP contribution in [-0.4, -0.2) is 24.1 Å². The minimum atomic E-state index is 0.608. The Bertz CT molecular complexity index is 3450. The van der Waals surface area contributed by atoms with Gasteiger partial charge in [-0.2, -0.15) is 0 Å². The van der Waals surface area contributed by atoms with Crippen LogP contribution in [0, 0.1) is 0 Å². The number of rotatable bonds is 5. The molecule has 0 radical (unpaired) electrons. The molecule has 57 heavy (non-hydrogen) atoms. The van der Waals surface area contributed by atoms with E-state index in [1.54, 1.807) is 0 Å². The molecule has 0 aliphatic heterocycles. The lowest BCUT2D eigenvalue weighted by molar-refractivity contribution is 0.669. The summed E-state index contributed by atoms with van der Waals surface area (Å²) >= 11 is 0. The quantitative estimate of drug-likeness (QED) is 0.177. The predicted molar refractivity (Wildman–Crippen MR) is 232 cm³/mol. The molecule has 6 heteroatoms. The molecular formula is C51H31N5O. The third-order valence-corrected chi connectivity index (χ3v) is 11.1. The molecule has 0 saturated heterocycles. The highest BCUT2D eigenvalue weighted by Crippen LogP contribution is 2.44. The van der Waals surface area contributed by atoms with Gasteiger partial charge in [0.2, 0.25) is 0 Å². The highest BCUT2D eigenvalue weighted by atomic mass is 16.3. The molecule has 4 heterocycles. The minimum Gasteiger partial charge on any atom is -0.456 e. The molecule has 12 aromatic rings. The van der Waals surface area contributed by atoms with Crippen molar-refractivity contribution in [3.63, 3.8) is 0 Å². The second-order valence-electron chi connectivity index (χ2n) is 14.4. The van der Waals surface area contributed by atoms with Crippen LogP contribution in [0.1, 0.15) is 0 Å². The van der Waals surface area contributed by atoms with Crippen LogP contribution < -0.4 is 0 Å². The molecule has 0 aliphatic carbocycles. The molecule has 0 amide bonds. The van der Waals surface area contributed by atoms with Crippen molar-refractivity contribution in [3.8, 4) is 45.5 Å². The first-order valence-corrected chi connectivity index (χ1v) is 19.1. The Balaban J connectivity index is 1.17. The fourth-order valence-electron chi connectivity index (χ4n) is 8.62. The van der Waals surface area contributed by atoms with Crippen LogP contribution in [0.5, 0.6) is 0 Å². The van der Waals surface area contributed by atoms with E-state index in [0.717, 1.165) is 66.4 Å². The topological polar surface area (TPSA) is 61.7 Å². The number of aromatic nitrogens is 5. The largest absolute Gasteiger partial charge is 0.456 e. The maximum Gasteiger partial charge on any atom is 0.164 e. The lowest BCUT2D eigenvalue weighted by atomic mass is 10.1. The number of fused-ring (bicyclic) bond motifs is 10. The number of benzene rings is 8. The predicted octanol–water partition coefficient (Wildman–Crippen LogP) is 13.0. The monoisotopic (exact) mass is 729 g/mol. The average Bonchev–Trinajstić information content (AvgIpc) is 3.93. The van der Waals surface area contributed by atoms with Crippen molar-refractivity contribution < 1.29 is 4.42 Å². The van der Waals surface area contributed by atoms with Gasteiger partial charge < -0.3 is 13.6 Å². The van der Waals surface area contributed by atoms with Crippen LogP contribution >= 0.6 is 0 Å². The Hall–Kier alpha value is -7.83. The average molecular weight is 730 g/mol. The molecule has 0 atom stereocenters. The summed E-state index contributed by atoms with van der Waals surface area (Å²) in [6, 6.07) is 65.5. The Morgan fingerprint density at radius 3 is 1.67 bits per heavy atom. The third kappa shape index (κ3) is 4.87. The van der Waals surface area contributed by atoms with Crippen LogP contribution in [0.25, 0.3) is 111 Å². The van der Waals surface area contributed by atoms with Crippen LogP contribution in [0.4, 0.5) is 0 Å². The fraction of sp³-hybridized carbons (Fsp3) is 0. The molecule has 4 aromatic heterocycles. The molecule has 6 nitrogen and oxygen atoms in total. The number of furan rings is 1. The van der Waals surface area contributed by atoms with E-state index in [2.05, 4.69) is 124 Å². The van der Waals surface area contributed by atoms with Gasteiger partial charge in [0.15, 0.2) is 17.5 Å². The zero-order valence-corrected chi connectivity index (χ0v) is 30.5. The van der Waals surface area contributed by atoms with Gasteiger partial charge >= 0.3 is 0 Å². The second-order valence-corrected chi connectivity index (χ2v) is 14.4. The van der Waals surface area contributed by atoms with Crippen molar-refractivity contribution in [3.05, 3.63) is 188 Å². The van der Waals surface area contributed by atoms with Gasteiger partial charge in [-0.25, -0.2) is 15.0 Å². The van der Waals surface area contributed by atoms with E-state index >= 15 is 0 Å². The highest BCUT2D eigenvalue weighted by molar-refractivity contribution is 6.28. The summed E-state index contributed by atoms with van der Waals surface area (Å²) in [5.74, 6) is 1.87. The lowest BCUT2D eigenvalue weighted by Gasteiger charge is -2.12. The summed E-state index contributed by atoms with van der Waals surface area (Å²) in [7, 11) is 0. The zero-order valence-electron chi connectivity index (χ0n) is 30.5. The summed E-state index contributed by atoms with van der Waals surface area (Å²) < 4.78 is 11.3. The normalized spacial score (nSPS) is 11.9. The van der Waals surface area contributed by atoms with Crippen molar-refractivity contribution in [1.29, 1.82) is 0 Å². The maximum atomic E-state index is 6.53. The molecule has 0 N–H and O–H groups in total. The Kier molecular flexibility index (Phi) is 6.83. The maximum absolute atomic E-state index is 6.53. The van der Waals surface area contributed by atoms with E-state index in [1.165, 1.54) is 27.2 Å². The van der Waals surface area contributed by atoms with Crippen molar-refractivity contribution >= 4 is 65.6 Å². The SMILES string of the molecule is c1ccc(-c2nc(-c3ccccc3)nc(-c3cccc(-n4c5cc6oc7ccccc7c6cc5c5c4ccc4c6ccccc6n(-c6ccccc6)c45)c3)n2)cc1. The standard InChI is InChI=1S/C51H31N5O/c1-4-15-32(16-5-1)49-52-50(33-17-6-2-7-18-33)54-51(53-49)34-19-14-22-36(29-34)55-43-28-27-39-37-23-10-12-25-42(37)56(35-20-8-3-9-21-35)48(39)47(43)41-30-40-38-24-11-13-26-45(38)57-46(40)31-44(41)55/h1-31H. The van der Waals surface area contributed by atoms with Crippen molar-refractivity contribution in [2.45, 2.75) is 0 Å². The third-order valence-electron chi connectivity index (χ3n) is 11.1. The van der Waals surface area contributed by atoms with Gasteiger partial charge in [-0.1, -0.05) is 133 Å². The molecule has 0 bridgehead atoms. The van der Waals surface area contributed by atoms with Gasteiger partial charge in [0.1, 0.15) is 11.2 Å². The van der Waals surface area contributed by atoms with Gasteiger partial charge in [-0.15, -0.1) is 0 Å². The van der Waals surface area contributed by atoms with E-state index in [9.17, 15) is 0 Å². The van der Waals surface area contributed by atoms with E-state index < -0.39 is 0 Å². The number of hydrogen-bond donors (Lipinski definition) is 0. The van der Waals surface area contributed by atoms with Crippen LogP contribution in [0.15, 0.2) is 192 Å². The van der Waals surface area contributed by atoms with Crippen LogP contribution in [-0.2, 0) is 0 Å². The molecule has 8 aromatic carbocycles. The van der Waals surface area contributed by atoms with E-state index in [-0.39, 0.29) is 0 Å². The first-order valence-electron chi connectivity index (χ1n) is 19.1. The zero-order chi connectivity index (χ0) is 37.5. The van der Waals surface area contributed by atoms with E-state index in [0.29, 0.717) is 17.5 Å². The first-order chi connectivity index (χ1) is 28.3. The molecule has 0 unspecified atom stereocenters. The van der Waals surface area contributed by atoms with E-state index in [4.69, 9.17) is 19.4 Å². The summed E-state index contributed by atoms with van der Waals surface area (Å²) in [4.78, 5) is 15.1. The Morgan fingerprint density at radius 2 is 0.930 bits per heavy atom.